The third-order valence-corrected chi connectivity index (χ3v) is 4.26. The zero-order valence-corrected chi connectivity index (χ0v) is 12.7. The van der Waals surface area contributed by atoms with Crippen LogP contribution in [0.2, 0.25) is 5.02 Å². The van der Waals surface area contributed by atoms with E-state index in [0.29, 0.717) is 0 Å². The number of fused-ring (bicyclic) bond motifs is 1. The zero-order valence-electron chi connectivity index (χ0n) is 11.9. The molecule has 0 saturated heterocycles. The molecule has 0 radical (unpaired) electrons. The van der Waals surface area contributed by atoms with Gasteiger partial charge in [-0.25, -0.2) is 0 Å². The highest BCUT2D eigenvalue weighted by Gasteiger charge is 2.33. The van der Waals surface area contributed by atoms with E-state index in [1.807, 2.05) is 24.4 Å². The Morgan fingerprint density at radius 1 is 1.45 bits per heavy atom. The molecule has 2 N–H and O–H groups in total. The molecule has 2 aromatic rings. The average molecular weight is 290 g/mol. The summed E-state index contributed by atoms with van der Waals surface area (Å²) in [5, 5.41) is 5.30. The molecule has 0 saturated carbocycles. The van der Waals surface area contributed by atoms with E-state index in [-0.39, 0.29) is 11.5 Å². The van der Waals surface area contributed by atoms with Crippen molar-refractivity contribution in [2.45, 2.75) is 39.3 Å². The van der Waals surface area contributed by atoms with E-state index in [4.69, 9.17) is 17.3 Å². The number of hydrogen-bond donors (Lipinski definition) is 1. The molecule has 1 heterocycles. The fourth-order valence-corrected chi connectivity index (χ4v) is 3.32. The Hall–Kier alpha value is -1.32. The van der Waals surface area contributed by atoms with Crippen LogP contribution in [0.3, 0.4) is 0 Å². The molecule has 4 heteroatoms. The Kier molecular flexibility index (Phi) is 3.35. The first kappa shape index (κ1) is 13.7. The van der Waals surface area contributed by atoms with E-state index in [1.165, 1.54) is 16.8 Å². The van der Waals surface area contributed by atoms with Crippen LogP contribution in [0.5, 0.6) is 0 Å². The third kappa shape index (κ3) is 2.60. The van der Waals surface area contributed by atoms with Crippen LogP contribution < -0.4 is 5.73 Å². The second kappa shape index (κ2) is 4.90. The lowest BCUT2D eigenvalue weighted by Crippen LogP contribution is -2.30. The maximum Gasteiger partial charge on any atom is 0.0663 e. The smallest absolute Gasteiger partial charge is 0.0663 e. The second-order valence-electron chi connectivity index (χ2n) is 6.49. The van der Waals surface area contributed by atoms with Crippen LogP contribution in [0, 0.1) is 5.41 Å². The first-order valence-corrected chi connectivity index (χ1v) is 7.37. The Morgan fingerprint density at radius 2 is 2.25 bits per heavy atom. The first-order valence-electron chi connectivity index (χ1n) is 6.99. The van der Waals surface area contributed by atoms with E-state index >= 15 is 0 Å². The summed E-state index contributed by atoms with van der Waals surface area (Å²) in [6.07, 6.45) is 3.97. The molecule has 20 heavy (non-hydrogen) atoms. The number of nitrogens with two attached hydrogens (primary N) is 1. The molecule has 0 amide bonds. The van der Waals surface area contributed by atoms with E-state index in [9.17, 15) is 0 Å². The highest BCUT2D eigenvalue weighted by molar-refractivity contribution is 6.30. The van der Waals surface area contributed by atoms with Gasteiger partial charge < -0.3 is 5.73 Å². The van der Waals surface area contributed by atoms with Crippen LogP contribution in [0.15, 0.2) is 30.5 Å². The minimum Gasteiger partial charge on any atom is -0.324 e. The van der Waals surface area contributed by atoms with E-state index < -0.39 is 0 Å². The number of benzene rings is 1. The van der Waals surface area contributed by atoms with Gasteiger partial charge in [-0.15, -0.1) is 0 Å². The van der Waals surface area contributed by atoms with Crippen molar-refractivity contribution in [3.63, 3.8) is 0 Å². The number of halogens is 1. The fourth-order valence-electron chi connectivity index (χ4n) is 3.10. The summed E-state index contributed by atoms with van der Waals surface area (Å²) in [5.41, 5.74) is 10.2. The summed E-state index contributed by atoms with van der Waals surface area (Å²) in [6.45, 7) is 5.29. The van der Waals surface area contributed by atoms with Crippen LogP contribution in [0.1, 0.15) is 43.1 Å². The normalized spacial score (nSPS) is 20.7. The molecule has 0 spiro atoms. The Balaban J connectivity index is 1.93. The van der Waals surface area contributed by atoms with Crippen LogP contribution in [0.25, 0.3) is 0 Å². The molecular weight excluding hydrogens is 270 g/mol. The summed E-state index contributed by atoms with van der Waals surface area (Å²) in [7, 11) is 0. The molecule has 1 atom stereocenters. The summed E-state index contributed by atoms with van der Waals surface area (Å²) >= 11 is 6.05. The van der Waals surface area contributed by atoms with Crippen LogP contribution in [0.4, 0.5) is 0 Å². The Bertz CT molecular complexity index is 630. The van der Waals surface area contributed by atoms with Crippen molar-refractivity contribution in [3.05, 3.63) is 52.3 Å². The summed E-state index contributed by atoms with van der Waals surface area (Å²) < 4.78 is 2.07. The van der Waals surface area contributed by atoms with Crippen LogP contribution in [-0.4, -0.2) is 9.78 Å². The molecule has 0 bridgehead atoms. The lowest BCUT2D eigenvalue weighted by atomic mass is 9.75. The van der Waals surface area contributed by atoms with Crippen molar-refractivity contribution in [1.82, 2.24) is 9.78 Å². The van der Waals surface area contributed by atoms with Gasteiger partial charge in [0.05, 0.1) is 12.7 Å². The number of aromatic nitrogens is 2. The minimum absolute atomic E-state index is 0.0989. The third-order valence-electron chi connectivity index (χ3n) is 4.02. The highest BCUT2D eigenvalue weighted by Crippen LogP contribution is 2.39. The number of rotatable bonds is 2. The molecule has 0 fully saturated rings. The van der Waals surface area contributed by atoms with Gasteiger partial charge in [-0.3, -0.25) is 4.68 Å². The quantitative estimate of drug-likeness (QED) is 0.919. The Labute approximate surface area is 124 Å². The van der Waals surface area contributed by atoms with Crippen LogP contribution >= 0.6 is 11.6 Å². The van der Waals surface area contributed by atoms with Gasteiger partial charge in [-0.1, -0.05) is 37.6 Å². The zero-order chi connectivity index (χ0) is 14.3. The standard InChI is InChI=1S/C16H20ClN3/c1-16(2)7-14(18)13-9-19-20(15(13)8-16)10-11-4-3-5-12(17)6-11/h3-6,9,14H,7-8,10,18H2,1-2H3. The summed E-state index contributed by atoms with van der Waals surface area (Å²) in [5.74, 6) is 0. The molecule has 1 aliphatic rings. The molecule has 0 aliphatic heterocycles. The van der Waals surface area contributed by atoms with Gasteiger partial charge >= 0.3 is 0 Å². The largest absolute Gasteiger partial charge is 0.324 e. The number of nitrogens with zero attached hydrogens (tertiary/aromatic N) is 2. The van der Waals surface area contributed by atoms with Gasteiger partial charge in [0.1, 0.15) is 0 Å². The van der Waals surface area contributed by atoms with Crippen molar-refractivity contribution in [3.8, 4) is 0 Å². The molecule has 1 aromatic heterocycles. The van der Waals surface area contributed by atoms with Gasteiger partial charge in [0.2, 0.25) is 0 Å². The average Bonchev–Trinajstić information content (AvgIpc) is 2.71. The molecule has 3 nitrogen and oxygen atoms in total. The van der Waals surface area contributed by atoms with Gasteiger partial charge in [0.25, 0.3) is 0 Å². The Morgan fingerprint density at radius 3 is 3.00 bits per heavy atom. The van der Waals surface area contributed by atoms with Crippen molar-refractivity contribution >= 4 is 11.6 Å². The topological polar surface area (TPSA) is 43.8 Å². The van der Waals surface area contributed by atoms with E-state index in [0.717, 1.165) is 24.4 Å². The lowest BCUT2D eigenvalue weighted by molar-refractivity contribution is 0.275. The SMILES string of the molecule is CC1(C)Cc2c(cnn2Cc2cccc(Cl)c2)C(N)C1. The molecule has 1 aromatic carbocycles. The predicted octanol–water partition coefficient (Wildman–Crippen LogP) is 3.56. The maximum atomic E-state index is 6.28. The van der Waals surface area contributed by atoms with Crippen molar-refractivity contribution in [2.24, 2.45) is 11.1 Å². The monoisotopic (exact) mass is 289 g/mol. The van der Waals surface area contributed by atoms with Gasteiger partial charge in [0, 0.05) is 22.3 Å². The van der Waals surface area contributed by atoms with Gasteiger partial charge in [-0.05, 0) is 36.0 Å². The molecule has 1 aliphatic carbocycles. The molecule has 106 valence electrons. The molecule has 3 rings (SSSR count). The second-order valence-corrected chi connectivity index (χ2v) is 6.92. The maximum absolute atomic E-state index is 6.28. The summed E-state index contributed by atoms with van der Waals surface area (Å²) in [6, 6.07) is 8.03. The lowest BCUT2D eigenvalue weighted by Gasteiger charge is -2.33. The highest BCUT2D eigenvalue weighted by atomic mass is 35.5. The number of hydrogen-bond acceptors (Lipinski definition) is 2. The molecular formula is C16H20ClN3. The van der Waals surface area contributed by atoms with E-state index in [1.54, 1.807) is 0 Å². The minimum atomic E-state index is 0.0989. The van der Waals surface area contributed by atoms with Crippen molar-refractivity contribution in [2.75, 3.05) is 0 Å². The fraction of sp³-hybridized carbons (Fsp3) is 0.438. The molecule has 1 unspecified atom stereocenters. The van der Waals surface area contributed by atoms with Gasteiger partial charge in [-0.2, -0.15) is 5.10 Å². The predicted molar refractivity (Wildman–Crippen MR) is 81.8 cm³/mol. The van der Waals surface area contributed by atoms with E-state index in [2.05, 4.69) is 29.7 Å². The first-order chi connectivity index (χ1) is 9.44. The van der Waals surface area contributed by atoms with Crippen LogP contribution in [-0.2, 0) is 13.0 Å². The van der Waals surface area contributed by atoms with Crippen molar-refractivity contribution in [1.29, 1.82) is 0 Å². The van der Waals surface area contributed by atoms with Gasteiger partial charge in [0.15, 0.2) is 0 Å². The van der Waals surface area contributed by atoms with Crippen molar-refractivity contribution < 1.29 is 0 Å². The summed E-state index contributed by atoms with van der Waals surface area (Å²) in [4.78, 5) is 0.